The zero-order chi connectivity index (χ0) is 15.2. The number of ketones is 1. The Balaban J connectivity index is 0.00000172. The topological polar surface area (TPSA) is 44.8 Å². The number of ether oxygens (including phenoxy) is 3. The quantitative estimate of drug-likeness (QED) is 0.653. The van der Waals surface area contributed by atoms with Gasteiger partial charge in [0.25, 0.3) is 0 Å². The number of carbonyl (C=O) groups is 1. The van der Waals surface area contributed by atoms with Crippen molar-refractivity contribution in [2.45, 2.75) is 27.2 Å². The van der Waals surface area contributed by atoms with Gasteiger partial charge in [-0.2, -0.15) is 0 Å². The van der Waals surface area contributed by atoms with Crippen LogP contribution in [-0.4, -0.2) is 39.3 Å². The first kappa shape index (κ1) is 18.6. The van der Waals surface area contributed by atoms with Gasteiger partial charge in [-0.25, -0.2) is 0 Å². The number of Topliss-reactive ketones (excluding diaryl/α,β-unsaturated/α-hetero) is 1. The second-order valence-electron chi connectivity index (χ2n) is 3.99. The Morgan fingerprint density at radius 1 is 1.05 bits per heavy atom. The third-order valence-corrected chi connectivity index (χ3v) is 2.32. The number of benzene rings is 1. The number of carbonyl (C=O) groups excluding carboxylic acids is 1. The highest BCUT2D eigenvalue weighted by Gasteiger charge is 1.97. The maximum Gasteiger partial charge on any atom is 0.155 e. The normalized spacial score (nSPS) is 9.60. The number of hydrogen-bond donors (Lipinski definition) is 0. The summed E-state index contributed by atoms with van der Waals surface area (Å²) in [6, 6.07) is 7.89. The average molecular weight is 282 g/mol. The van der Waals surface area contributed by atoms with E-state index in [0.29, 0.717) is 13.2 Å². The first-order valence-corrected chi connectivity index (χ1v) is 7.00. The molecule has 114 valence electrons. The maximum absolute atomic E-state index is 10.6. The third kappa shape index (κ3) is 9.53. The predicted octanol–water partition coefficient (Wildman–Crippen LogP) is 2.89. The summed E-state index contributed by atoms with van der Waals surface area (Å²) in [6.07, 6.45) is 0.901. The zero-order valence-corrected chi connectivity index (χ0v) is 13.0. The molecular weight excluding hydrogens is 256 g/mol. The van der Waals surface area contributed by atoms with Crippen molar-refractivity contribution in [1.29, 1.82) is 0 Å². The largest absolute Gasteiger partial charge is 0.491 e. The van der Waals surface area contributed by atoms with Gasteiger partial charge in [0.05, 0.1) is 13.2 Å². The molecule has 4 heteroatoms. The molecule has 0 aliphatic rings. The Morgan fingerprint density at radius 3 is 2.25 bits per heavy atom. The van der Waals surface area contributed by atoms with Gasteiger partial charge in [-0.15, -0.1) is 0 Å². The summed E-state index contributed by atoms with van der Waals surface area (Å²) in [5.41, 5.74) is 1.22. The number of rotatable bonds is 9. The lowest BCUT2D eigenvalue weighted by molar-refractivity contribution is -0.121. The van der Waals surface area contributed by atoms with Crippen LogP contribution in [0.1, 0.15) is 26.3 Å². The van der Waals surface area contributed by atoms with Gasteiger partial charge in [0.15, 0.2) is 5.78 Å². The van der Waals surface area contributed by atoms with E-state index in [4.69, 9.17) is 14.2 Å². The van der Waals surface area contributed by atoms with Crippen LogP contribution in [0.15, 0.2) is 24.3 Å². The van der Waals surface area contributed by atoms with Crippen molar-refractivity contribution < 1.29 is 19.0 Å². The van der Waals surface area contributed by atoms with Crippen LogP contribution in [0.4, 0.5) is 0 Å². The van der Waals surface area contributed by atoms with Gasteiger partial charge in [0, 0.05) is 7.11 Å². The predicted molar refractivity (Wildman–Crippen MR) is 80.4 cm³/mol. The van der Waals surface area contributed by atoms with Crippen molar-refractivity contribution in [1.82, 2.24) is 0 Å². The van der Waals surface area contributed by atoms with Gasteiger partial charge >= 0.3 is 0 Å². The highest BCUT2D eigenvalue weighted by molar-refractivity contribution is 5.76. The molecule has 1 aromatic carbocycles. The monoisotopic (exact) mass is 282 g/mol. The van der Waals surface area contributed by atoms with E-state index in [9.17, 15) is 4.79 Å². The summed E-state index contributed by atoms with van der Waals surface area (Å²) in [4.78, 5) is 10.6. The highest BCUT2D eigenvalue weighted by atomic mass is 16.5. The standard InChI is InChI=1S/C14H20O4.C2H6/c1-12(15)11-17-9-10-18-14-5-3-13(4-6-14)7-8-16-2;1-2/h3-6H,7-11H2,1-2H3;1-2H3. The Bertz CT molecular complexity index is 346. The molecule has 0 aliphatic heterocycles. The van der Waals surface area contributed by atoms with Crippen LogP contribution < -0.4 is 4.74 Å². The number of hydrogen-bond acceptors (Lipinski definition) is 4. The molecule has 0 amide bonds. The van der Waals surface area contributed by atoms with Gasteiger partial charge in [-0.3, -0.25) is 4.79 Å². The van der Waals surface area contributed by atoms with Gasteiger partial charge in [-0.05, 0) is 31.0 Å². The molecule has 0 radical (unpaired) electrons. The molecule has 0 saturated heterocycles. The first-order valence-electron chi connectivity index (χ1n) is 7.00. The molecule has 4 nitrogen and oxygen atoms in total. The molecule has 0 saturated carbocycles. The van der Waals surface area contributed by atoms with Gasteiger partial charge in [0.2, 0.25) is 0 Å². The molecule has 0 unspecified atom stereocenters. The lowest BCUT2D eigenvalue weighted by Crippen LogP contribution is -2.11. The lowest BCUT2D eigenvalue weighted by Gasteiger charge is -2.07. The molecule has 0 spiro atoms. The lowest BCUT2D eigenvalue weighted by atomic mass is 10.1. The Morgan fingerprint density at radius 2 is 1.70 bits per heavy atom. The van der Waals surface area contributed by atoms with Crippen LogP contribution in [0.5, 0.6) is 5.75 Å². The SMILES string of the molecule is CC.COCCc1ccc(OCCOCC(C)=O)cc1. The van der Waals surface area contributed by atoms with Crippen LogP contribution in [0.2, 0.25) is 0 Å². The first-order chi connectivity index (χ1) is 9.72. The molecule has 0 aromatic heterocycles. The van der Waals surface area contributed by atoms with Crippen LogP contribution in [0.3, 0.4) is 0 Å². The minimum Gasteiger partial charge on any atom is -0.491 e. The van der Waals surface area contributed by atoms with Gasteiger partial charge in [0.1, 0.15) is 19.0 Å². The van der Waals surface area contributed by atoms with E-state index in [1.165, 1.54) is 12.5 Å². The molecule has 0 fully saturated rings. The molecule has 0 bridgehead atoms. The average Bonchev–Trinajstić information content (AvgIpc) is 2.48. The van der Waals surface area contributed by atoms with Crippen molar-refractivity contribution in [2.75, 3.05) is 33.5 Å². The number of methoxy groups -OCH3 is 1. The highest BCUT2D eigenvalue weighted by Crippen LogP contribution is 2.12. The van der Waals surface area contributed by atoms with Crippen LogP contribution in [-0.2, 0) is 20.7 Å². The van der Waals surface area contributed by atoms with E-state index in [1.807, 2.05) is 38.1 Å². The molecule has 1 aromatic rings. The smallest absolute Gasteiger partial charge is 0.155 e. The van der Waals surface area contributed by atoms with Crippen molar-refractivity contribution in [3.05, 3.63) is 29.8 Å². The summed E-state index contributed by atoms with van der Waals surface area (Å²) < 4.78 is 15.6. The summed E-state index contributed by atoms with van der Waals surface area (Å²) in [5.74, 6) is 0.833. The fraction of sp³-hybridized carbons (Fsp3) is 0.562. The van der Waals surface area contributed by atoms with E-state index in [1.54, 1.807) is 7.11 Å². The zero-order valence-electron chi connectivity index (χ0n) is 13.0. The summed E-state index contributed by atoms with van der Waals surface area (Å²) >= 11 is 0. The molecule has 20 heavy (non-hydrogen) atoms. The fourth-order valence-corrected chi connectivity index (χ4v) is 1.41. The summed E-state index contributed by atoms with van der Waals surface area (Å²) in [7, 11) is 1.69. The van der Waals surface area contributed by atoms with E-state index < -0.39 is 0 Å². The van der Waals surface area contributed by atoms with Crippen LogP contribution in [0.25, 0.3) is 0 Å². The fourth-order valence-electron chi connectivity index (χ4n) is 1.41. The molecule has 0 atom stereocenters. The summed E-state index contributed by atoms with van der Waals surface area (Å²) in [6.45, 7) is 7.24. The van der Waals surface area contributed by atoms with Crippen molar-refractivity contribution >= 4 is 5.78 Å². The van der Waals surface area contributed by atoms with E-state index in [-0.39, 0.29) is 12.4 Å². The Labute approximate surface area is 122 Å². The van der Waals surface area contributed by atoms with Gasteiger partial charge < -0.3 is 14.2 Å². The molecule has 0 N–H and O–H groups in total. The Kier molecular flexibility index (Phi) is 11.8. The molecule has 1 rings (SSSR count). The van der Waals surface area contributed by atoms with E-state index in [2.05, 4.69) is 0 Å². The van der Waals surface area contributed by atoms with Gasteiger partial charge in [-0.1, -0.05) is 26.0 Å². The minimum absolute atomic E-state index is 0.0255. The Hall–Kier alpha value is -1.39. The van der Waals surface area contributed by atoms with E-state index >= 15 is 0 Å². The van der Waals surface area contributed by atoms with Crippen molar-refractivity contribution in [2.24, 2.45) is 0 Å². The van der Waals surface area contributed by atoms with Crippen molar-refractivity contribution in [3.8, 4) is 5.75 Å². The van der Waals surface area contributed by atoms with Crippen molar-refractivity contribution in [3.63, 3.8) is 0 Å². The maximum atomic E-state index is 10.6. The third-order valence-electron chi connectivity index (χ3n) is 2.32. The second kappa shape index (κ2) is 12.6. The van der Waals surface area contributed by atoms with E-state index in [0.717, 1.165) is 18.8 Å². The minimum atomic E-state index is 0.0255. The molecule has 0 aliphatic carbocycles. The molecular formula is C16H26O4. The molecule has 0 heterocycles. The summed E-state index contributed by atoms with van der Waals surface area (Å²) in [5, 5.41) is 0. The second-order valence-corrected chi connectivity index (χ2v) is 3.99. The van der Waals surface area contributed by atoms with Crippen LogP contribution in [0, 0.1) is 0 Å². The van der Waals surface area contributed by atoms with Crippen LogP contribution >= 0.6 is 0 Å².